The van der Waals surface area contributed by atoms with Crippen LogP contribution in [0.4, 0.5) is 5.69 Å². The molecule has 2 nitrogen and oxygen atoms in total. The number of hydrogen-bond donors (Lipinski definition) is 0. The third-order valence-corrected chi connectivity index (χ3v) is 3.52. The Kier molecular flexibility index (Phi) is 4.94. The van der Waals surface area contributed by atoms with Gasteiger partial charge in [0.25, 0.3) is 0 Å². The molecule has 0 saturated carbocycles. The number of rotatable bonds is 6. The molecule has 0 radical (unpaired) electrons. The highest BCUT2D eigenvalue weighted by Crippen LogP contribution is 2.21. The minimum absolute atomic E-state index is 0.201. The van der Waals surface area contributed by atoms with Gasteiger partial charge in [0, 0.05) is 31.3 Å². The molecule has 0 aliphatic heterocycles. The van der Waals surface area contributed by atoms with Crippen LogP contribution in [0.25, 0.3) is 0 Å². The molecule has 0 aliphatic carbocycles. The predicted octanol–water partition coefficient (Wildman–Crippen LogP) is 3.96. The summed E-state index contributed by atoms with van der Waals surface area (Å²) in [6.07, 6.45) is 1.52. The molecule has 2 heteroatoms. The molecule has 0 aromatic heterocycles. The van der Waals surface area contributed by atoms with Crippen molar-refractivity contribution in [1.29, 1.82) is 0 Å². The van der Waals surface area contributed by atoms with Crippen LogP contribution >= 0.6 is 0 Å². The van der Waals surface area contributed by atoms with Gasteiger partial charge in [0.15, 0.2) is 5.78 Å². The largest absolute Gasteiger partial charge is 0.374 e. The Morgan fingerprint density at radius 3 is 2.35 bits per heavy atom. The number of ketones is 1. The van der Waals surface area contributed by atoms with Crippen molar-refractivity contribution < 1.29 is 4.79 Å². The number of Topliss-reactive ketones (excluding diaryl/α,β-unsaturated/α-hetero) is 1. The van der Waals surface area contributed by atoms with E-state index in [9.17, 15) is 4.79 Å². The van der Waals surface area contributed by atoms with Gasteiger partial charge in [-0.05, 0) is 24.1 Å². The van der Waals surface area contributed by atoms with Crippen molar-refractivity contribution in [2.45, 2.75) is 19.8 Å². The summed E-state index contributed by atoms with van der Waals surface area (Å²) in [4.78, 5) is 14.1. The van der Waals surface area contributed by atoms with Crippen LogP contribution in [0.2, 0.25) is 0 Å². The monoisotopic (exact) mass is 267 g/mol. The average molecular weight is 267 g/mol. The van der Waals surface area contributed by atoms with E-state index in [0.717, 1.165) is 24.2 Å². The van der Waals surface area contributed by atoms with Crippen LogP contribution in [0.1, 0.15) is 29.3 Å². The number of hydrogen-bond acceptors (Lipinski definition) is 2. The molecule has 0 bridgehead atoms. The van der Waals surface area contributed by atoms with Crippen molar-refractivity contribution in [2.75, 3.05) is 18.5 Å². The van der Waals surface area contributed by atoms with Gasteiger partial charge in [-0.1, -0.05) is 49.4 Å². The van der Waals surface area contributed by atoms with Gasteiger partial charge in [0.1, 0.15) is 0 Å². The van der Waals surface area contributed by atoms with Crippen LogP contribution in [0.5, 0.6) is 0 Å². The normalized spacial score (nSPS) is 10.3. The second-order valence-corrected chi connectivity index (χ2v) is 4.95. The molecule has 0 aliphatic rings. The standard InChI is InChI=1S/C18H21NO/c1-3-18(20)16-11-7-8-12-17(16)19(2)14-13-15-9-5-4-6-10-15/h4-12H,3,13-14H2,1-2H3. The number of para-hydroxylation sites is 1. The summed E-state index contributed by atoms with van der Waals surface area (Å²) in [7, 11) is 2.05. The zero-order valence-corrected chi connectivity index (χ0v) is 12.2. The predicted molar refractivity (Wildman–Crippen MR) is 84.5 cm³/mol. The zero-order valence-electron chi connectivity index (χ0n) is 12.2. The Morgan fingerprint density at radius 2 is 1.65 bits per heavy atom. The minimum Gasteiger partial charge on any atom is -0.374 e. The first-order chi connectivity index (χ1) is 9.72. The fourth-order valence-electron chi connectivity index (χ4n) is 2.29. The second kappa shape index (κ2) is 6.90. The highest BCUT2D eigenvalue weighted by molar-refractivity contribution is 6.01. The van der Waals surface area contributed by atoms with Crippen LogP contribution in [0, 0.1) is 0 Å². The van der Waals surface area contributed by atoms with E-state index < -0.39 is 0 Å². The first-order valence-corrected chi connectivity index (χ1v) is 7.09. The van der Waals surface area contributed by atoms with E-state index in [0.29, 0.717) is 6.42 Å². The minimum atomic E-state index is 0.201. The van der Waals surface area contributed by atoms with E-state index in [1.165, 1.54) is 5.56 Å². The number of carbonyl (C=O) groups excluding carboxylic acids is 1. The molecule has 2 aromatic carbocycles. The summed E-state index contributed by atoms with van der Waals surface area (Å²) in [6, 6.07) is 18.3. The molecular weight excluding hydrogens is 246 g/mol. The van der Waals surface area contributed by atoms with Crippen molar-refractivity contribution in [3.8, 4) is 0 Å². The Morgan fingerprint density at radius 1 is 1.00 bits per heavy atom. The van der Waals surface area contributed by atoms with Crippen molar-refractivity contribution in [2.24, 2.45) is 0 Å². The maximum Gasteiger partial charge on any atom is 0.164 e. The van der Waals surface area contributed by atoms with E-state index in [4.69, 9.17) is 0 Å². The number of nitrogens with zero attached hydrogens (tertiary/aromatic N) is 1. The molecule has 104 valence electrons. The van der Waals surface area contributed by atoms with Gasteiger partial charge >= 0.3 is 0 Å². The van der Waals surface area contributed by atoms with Gasteiger partial charge in [-0.25, -0.2) is 0 Å². The molecule has 0 N–H and O–H groups in total. The maximum absolute atomic E-state index is 12.0. The highest BCUT2D eigenvalue weighted by atomic mass is 16.1. The van der Waals surface area contributed by atoms with Gasteiger partial charge in [-0.2, -0.15) is 0 Å². The topological polar surface area (TPSA) is 20.3 Å². The molecule has 20 heavy (non-hydrogen) atoms. The lowest BCUT2D eigenvalue weighted by molar-refractivity contribution is 0.0988. The van der Waals surface area contributed by atoms with Gasteiger partial charge in [-0.3, -0.25) is 4.79 Å². The van der Waals surface area contributed by atoms with Crippen molar-refractivity contribution in [3.63, 3.8) is 0 Å². The summed E-state index contributed by atoms with van der Waals surface area (Å²) in [6.45, 7) is 2.81. The zero-order chi connectivity index (χ0) is 14.4. The molecule has 0 heterocycles. The molecule has 0 saturated heterocycles. The Bertz CT molecular complexity index is 563. The van der Waals surface area contributed by atoms with E-state index in [-0.39, 0.29) is 5.78 Å². The molecule has 2 rings (SSSR count). The number of carbonyl (C=O) groups is 1. The summed E-state index contributed by atoms with van der Waals surface area (Å²) in [5.41, 5.74) is 3.17. The summed E-state index contributed by atoms with van der Waals surface area (Å²) in [5.74, 6) is 0.201. The van der Waals surface area contributed by atoms with Crippen LogP contribution in [0.3, 0.4) is 0 Å². The average Bonchev–Trinajstić information content (AvgIpc) is 2.52. The maximum atomic E-state index is 12.0. The number of benzene rings is 2. The molecule has 0 fully saturated rings. The van der Waals surface area contributed by atoms with Crippen LogP contribution < -0.4 is 4.90 Å². The van der Waals surface area contributed by atoms with Gasteiger partial charge in [-0.15, -0.1) is 0 Å². The fraction of sp³-hybridized carbons (Fsp3) is 0.278. The van der Waals surface area contributed by atoms with Gasteiger partial charge < -0.3 is 4.90 Å². The number of anilines is 1. The van der Waals surface area contributed by atoms with E-state index in [1.807, 2.05) is 44.3 Å². The van der Waals surface area contributed by atoms with Crippen LogP contribution in [-0.2, 0) is 6.42 Å². The van der Waals surface area contributed by atoms with Crippen molar-refractivity contribution in [3.05, 3.63) is 65.7 Å². The SMILES string of the molecule is CCC(=O)c1ccccc1N(C)CCc1ccccc1. The quantitative estimate of drug-likeness (QED) is 0.738. The molecule has 0 amide bonds. The molecular formula is C18H21NO. The molecule has 0 atom stereocenters. The fourth-order valence-corrected chi connectivity index (χ4v) is 2.29. The lowest BCUT2D eigenvalue weighted by atomic mass is 10.1. The molecule has 2 aromatic rings. The molecule has 0 spiro atoms. The van der Waals surface area contributed by atoms with E-state index in [2.05, 4.69) is 29.2 Å². The Labute approximate surface area is 121 Å². The van der Waals surface area contributed by atoms with Crippen LogP contribution in [0.15, 0.2) is 54.6 Å². The molecule has 0 unspecified atom stereocenters. The smallest absolute Gasteiger partial charge is 0.164 e. The second-order valence-electron chi connectivity index (χ2n) is 4.95. The van der Waals surface area contributed by atoms with Gasteiger partial charge in [0.05, 0.1) is 0 Å². The number of likely N-dealkylation sites (N-methyl/N-ethyl adjacent to an activating group) is 1. The van der Waals surface area contributed by atoms with Gasteiger partial charge in [0.2, 0.25) is 0 Å². The van der Waals surface area contributed by atoms with Crippen LogP contribution in [-0.4, -0.2) is 19.4 Å². The Hall–Kier alpha value is -2.09. The third kappa shape index (κ3) is 3.47. The third-order valence-electron chi connectivity index (χ3n) is 3.52. The first kappa shape index (κ1) is 14.3. The van der Waals surface area contributed by atoms with E-state index >= 15 is 0 Å². The highest BCUT2D eigenvalue weighted by Gasteiger charge is 2.12. The first-order valence-electron chi connectivity index (χ1n) is 7.09. The summed E-state index contributed by atoms with van der Waals surface area (Å²) >= 11 is 0. The Balaban J connectivity index is 2.09. The van der Waals surface area contributed by atoms with Crippen molar-refractivity contribution in [1.82, 2.24) is 0 Å². The summed E-state index contributed by atoms with van der Waals surface area (Å²) < 4.78 is 0. The lowest BCUT2D eigenvalue weighted by Gasteiger charge is -2.22. The van der Waals surface area contributed by atoms with Crippen molar-refractivity contribution >= 4 is 11.5 Å². The van der Waals surface area contributed by atoms with E-state index in [1.54, 1.807) is 0 Å². The summed E-state index contributed by atoms with van der Waals surface area (Å²) in [5, 5.41) is 0. The lowest BCUT2D eigenvalue weighted by Crippen LogP contribution is -2.22.